The lowest BCUT2D eigenvalue weighted by Gasteiger charge is -2.34. The summed E-state index contributed by atoms with van der Waals surface area (Å²) in [7, 11) is -3.71. The van der Waals surface area contributed by atoms with Crippen molar-refractivity contribution < 1.29 is 22.8 Å². The van der Waals surface area contributed by atoms with Crippen LogP contribution in [-0.4, -0.2) is 72.9 Å². The monoisotopic (exact) mass is 525 g/mol. The van der Waals surface area contributed by atoms with Crippen LogP contribution in [-0.2, 0) is 19.7 Å². The first kappa shape index (κ1) is 25.9. The Labute approximate surface area is 211 Å². The number of hydroxylamine groups is 2. The van der Waals surface area contributed by atoms with E-state index in [1.165, 1.54) is 16.4 Å². The summed E-state index contributed by atoms with van der Waals surface area (Å²) in [5.74, 6) is 0.309. The van der Waals surface area contributed by atoms with Gasteiger partial charge in [0.2, 0.25) is 10.0 Å². The number of carbonyl (C=O) groups is 2. The second-order valence-electron chi connectivity index (χ2n) is 10.3. The molecular formula is C23H32ClN5O5S. The molecule has 1 aromatic carbocycles. The molecule has 3 aliphatic rings. The number of aliphatic imine (C=N–C) groups is 1. The van der Waals surface area contributed by atoms with Gasteiger partial charge in [0.1, 0.15) is 11.4 Å². The Bertz CT molecular complexity index is 1130. The molecule has 12 heteroatoms. The SMILES string of the molecule is CC(C)(C)NC(=O)ON1CCCC(C2=NC3(CCN(S(=O)(=O)c4cccc(Cl)c4)CC3)C(=O)N2)C1. The summed E-state index contributed by atoms with van der Waals surface area (Å²) in [4.78, 5) is 35.5. The number of rotatable bonds is 4. The number of amides is 2. The van der Waals surface area contributed by atoms with Gasteiger partial charge in [-0.05, 0) is 64.7 Å². The number of benzene rings is 1. The average molecular weight is 526 g/mol. The summed E-state index contributed by atoms with van der Waals surface area (Å²) in [5.41, 5.74) is -1.38. The number of amidine groups is 1. The lowest BCUT2D eigenvalue weighted by Crippen LogP contribution is -2.50. The van der Waals surface area contributed by atoms with Crippen LogP contribution in [0.5, 0.6) is 0 Å². The minimum atomic E-state index is -3.71. The molecule has 0 radical (unpaired) electrons. The smallest absolute Gasteiger partial charge is 0.351 e. The summed E-state index contributed by atoms with van der Waals surface area (Å²) in [6.07, 6.45) is 1.68. The normalized spacial score (nSPS) is 23.6. The molecule has 2 fully saturated rings. The first-order valence-corrected chi connectivity index (χ1v) is 13.6. The van der Waals surface area contributed by atoms with E-state index in [2.05, 4.69) is 10.6 Å². The fourth-order valence-electron chi connectivity index (χ4n) is 4.64. The minimum Gasteiger partial charge on any atom is -0.351 e. The van der Waals surface area contributed by atoms with Crippen LogP contribution in [0.3, 0.4) is 0 Å². The fraction of sp³-hybridized carbons (Fsp3) is 0.609. The number of sulfonamides is 1. The largest absolute Gasteiger partial charge is 0.426 e. The van der Waals surface area contributed by atoms with Gasteiger partial charge in [0.05, 0.1) is 4.90 Å². The van der Waals surface area contributed by atoms with Crippen molar-refractivity contribution in [2.24, 2.45) is 10.9 Å². The number of piperidine rings is 2. The van der Waals surface area contributed by atoms with Crippen LogP contribution in [0.4, 0.5) is 4.79 Å². The van der Waals surface area contributed by atoms with E-state index in [0.717, 1.165) is 12.8 Å². The maximum Gasteiger partial charge on any atom is 0.426 e. The third-order valence-electron chi connectivity index (χ3n) is 6.44. The lowest BCUT2D eigenvalue weighted by atomic mass is 9.89. The Kier molecular flexibility index (Phi) is 7.16. The zero-order valence-corrected chi connectivity index (χ0v) is 21.8. The van der Waals surface area contributed by atoms with Gasteiger partial charge in [0.25, 0.3) is 5.91 Å². The second-order valence-corrected chi connectivity index (χ2v) is 12.7. The number of carbonyl (C=O) groups excluding carboxylic acids is 2. The quantitative estimate of drug-likeness (QED) is 0.623. The van der Waals surface area contributed by atoms with Gasteiger partial charge >= 0.3 is 6.09 Å². The Hall–Kier alpha value is -2.21. The number of nitrogens with one attached hydrogen (secondary N) is 2. The van der Waals surface area contributed by atoms with Crippen molar-refractivity contribution in [3.8, 4) is 0 Å². The van der Waals surface area contributed by atoms with Crippen molar-refractivity contribution >= 4 is 39.5 Å². The van der Waals surface area contributed by atoms with Crippen molar-refractivity contribution in [2.45, 2.75) is 62.4 Å². The standard InChI is InChI=1S/C23H32ClN5O5S/c1-22(2,3)27-21(31)34-28-11-5-6-16(15-28)19-25-20(30)23(26-19)9-12-29(13-10-23)35(32,33)18-8-4-7-17(24)14-18/h4,7-8,14,16H,5-6,9-13,15H2,1-3H3,(H,27,31)(H,25,26,30). The first-order valence-electron chi connectivity index (χ1n) is 11.8. The van der Waals surface area contributed by atoms with E-state index in [1.54, 1.807) is 17.2 Å². The number of hydrogen-bond donors (Lipinski definition) is 2. The molecule has 1 atom stereocenters. The lowest BCUT2D eigenvalue weighted by molar-refractivity contribution is -0.125. The minimum absolute atomic E-state index is 0.0808. The molecule has 0 bridgehead atoms. The Morgan fingerprint density at radius 2 is 1.97 bits per heavy atom. The van der Waals surface area contributed by atoms with Gasteiger partial charge in [-0.25, -0.2) is 13.2 Å². The van der Waals surface area contributed by atoms with Crippen LogP contribution in [0, 0.1) is 5.92 Å². The van der Waals surface area contributed by atoms with E-state index in [-0.39, 0.29) is 29.8 Å². The molecule has 0 aliphatic carbocycles. The zero-order valence-electron chi connectivity index (χ0n) is 20.2. The predicted molar refractivity (Wildman–Crippen MR) is 131 cm³/mol. The highest BCUT2D eigenvalue weighted by molar-refractivity contribution is 7.89. The van der Waals surface area contributed by atoms with Gasteiger partial charge in [0.15, 0.2) is 0 Å². The van der Waals surface area contributed by atoms with Gasteiger partial charge in [-0.2, -0.15) is 4.31 Å². The van der Waals surface area contributed by atoms with Crippen molar-refractivity contribution in [3.63, 3.8) is 0 Å². The molecule has 1 unspecified atom stereocenters. The second kappa shape index (κ2) is 9.68. The highest BCUT2D eigenvalue weighted by atomic mass is 35.5. The molecule has 10 nitrogen and oxygen atoms in total. The molecule has 0 aromatic heterocycles. The maximum absolute atomic E-state index is 13.0. The average Bonchev–Trinajstić information content (AvgIpc) is 3.08. The van der Waals surface area contributed by atoms with Crippen LogP contribution in [0.1, 0.15) is 46.5 Å². The molecule has 2 saturated heterocycles. The molecule has 0 saturated carbocycles. The van der Waals surface area contributed by atoms with Gasteiger partial charge in [-0.1, -0.05) is 17.7 Å². The van der Waals surface area contributed by atoms with Crippen LogP contribution < -0.4 is 10.6 Å². The van der Waals surface area contributed by atoms with E-state index < -0.39 is 27.2 Å². The topological polar surface area (TPSA) is 120 Å². The summed E-state index contributed by atoms with van der Waals surface area (Å²) in [6, 6.07) is 6.17. The number of nitrogens with zero attached hydrogens (tertiary/aromatic N) is 3. The van der Waals surface area contributed by atoms with Crippen LogP contribution in [0.2, 0.25) is 5.02 Å². The molecule has 3 heterocycles. The Balaban J connectivity index is 1.40. The fourth-order valence-corrected chi connectivity index (χ4v) is 6.38. The summed E-state index contributed by atoms with van der Waals surface area (Å²) < 4.78 is 27.4. The molecule has 3 aliphatic heterocycles. The van der Waals surface area contributed by atoms with Crippen molar-refractivity contribution in [2.75, 3.05) is 26.2 Å². The van der Waals surface area contributed by atoms with E-state index in [4.69, 9.17) is 21.4 Å². The number of halogens is 1. The van der Waals surface area contributed by atoms with Gasteiger partial charge in [-0.3, -0.25) is 9.79 Å². The molecule has 1 aromatic rings. The molecule has 1 spiro atoms. The highest BCUT2D eigenvalue weighted by Crippen LogP contribution is 2.34. The Morgan fingerprint density at radius 1 is 1.26 bits per heavy atom. The van der Waals surface area contributed by atoms with E-state index >= 15 is 0 Å². The molecule has 35 heavy (non-hydrogen) atoms. The molecule has 2 N–H and O–H groups in total. The van der Waals surface area contributed by atoms with Crippen LogP contribution >= 0.6 is 11.6 Å². The third-order valence-corrected chi connectivity index (χ3v) is 8.57. The Morgan fingerprint density at radius 3 is 2.63 bits per heavy atom. The van der Waals surface area contributed by atoms with E-state index in [9.17, 15) is 18.0 Å². The molecule has 192 valence electrons. The van der Waals surface area contributed by atoms with Crippen molar-refractivity contribution in [3.05, 3.63) is 29.3 Å². The number of hydrogen-bond acceptors (Lipinski definition) is 7. The summed E-state index contributed by atoms with van der Waals surface area (Å²) >= 11 is 5.98. The van der Waals surface area contributed by atoms with Gasteiger partial charge < -0.3 is 15.5 Å². The third kappa shape index (κ3) is 5.79. The predicted octanol–water partition coefficient (Wildman–Crippen LogP) is 2.54. The first-order chi connectivity index (χ1) is 16.4. The van der Waals surface area contributed by atoms with E-state index in [0.29, 0.717) is 36.8 Å². The maximum atomic E-state index is 13.0. The summed E-state index contributed by atoms with van der Waals surface area (Å²) in [5, 5.41) is 7.66. The highest BCUT2D eigenvalue weighted by Gasteiger charge is 2.49. The molecular weight excluding hydrogens is 494 g/mol. The van der Waals surface area contributed by atoms with Crippen molar-refractivity contribution in [1.29, 1.82) is 0 Å². The summed E-state index contributed by atoms with van der Waals surface area (Å²) in [6.45, 7) is 7.04. The van der Waals surface area contributed by atoms with Crippen LogP contribution in [0.25, 0.3) is 0 Å². The zero-order chi connectivity index (χ0) is 25.4. The van der Waals surface area contributed by atoms with E-state index in [1.807, 2.05) is 20.8 Å². The molecule has 2 amide bonds. The van der Waals surface area contributed by atoms with Gasteiger partial charge in [0, 0.05) is 42.7 Å². The van der Waals surface area contributed by atoms with Gasteiger partial charge in [-0.15, -0.1) is 5.06 Å². The van der Waals surface area contributed by atoms with Crippen molar-refractivity contribution in [1.82, 2.24) is 20.0 Å². The molecule has 4 rings (SSSR count). The van der Waals surface area contributed by atoms with Crippen LogP contribution in [0.15, 0.2) is 34.2 Å².